The van der Waals surface area contributed by atoms with Crippen LogP contribution >= 0.6 is 0 Å². The molecule has 2 bridgehead atoms. The first-order valence-corrected chi connectivity index (χ1v) is 8.28. The zero-order valence-corrected chi connectivity index (χ0v) is 14.0. The van der Waals surface area contributed by atoms with E-state index >= 15 is 0 Å². The molecule has 2 saturated heterocycles. The molecule has 2 aliphatic rings. The van der Waals surface area contributed by atoms with Crippen molar-refractivity contribution in [3.8, 4) is 0 Å². The zero-order valence-electron chi connectivity index (χ0n) is 14.0. The smallest absolute Gasteiger partial charge is 0.410 e. The average Bonchev–Trinajstić information content (AvgIpc) is 2.80. The number of pyridine rings is 1. The number of amides is 1. The summed E-state index contributed by atoms with van der Waals surface area (Å²) in [6.07, 6.45) is 2.56. The Balaban J connectivity index is 1.76. The Morgan fingerprint density at radius 2 is 2.00 bits per heavy atom. The Labute approximate surface area is 140 Å². The number of hydrogen-bond acceptors (Lipinski definition) is 6. The minimum absolute atomic E-state index is 0.00315. The van der Waals surface area contributed by atoms with Gasteiger partial charge in [-0.2, -0.15) is 0 Å². The van der Waals surface area contributed by atoms with E-state index in [9.17, 15) is 9.18 Å². The van der Waals surface area contributed by atoms with Crippen molar-refractivity contribution >= 4 is 23.3 Å². The molecular weight excluding hydrogens is 313 g/mol. The molecule has 0 aromatic carbocycles. The maximum Gasteiger partial charge on any atom is 0.410 e. The standard InChI is InChI=1S/C16H24FN5O2/c1-9(2)8-24-16(23)22-10-3-4-11(22)7-21(6-10)14-12(17)5-20-15(19)13(14)18/h5,9-11H,3-4,6-8,18H2,1-2H3,(H2,19,20). The molecule has 2 unspecified atom stereocenters. The van der Waals surface area contributed by atoms with Gasteiger partial charge in [-0.25, -0.2) is 14.2 Å². The van der Waals surface area contributed by atoms with Crippen molar-refractivity contribution in [2.24, 2.45) is 5.92 Å². The van der Waals surface area contributed by atoms with E-state index in [1.807, 2.05) is 18.7 Å². The monoisotopic (exact) mass is 337 g/mol. The highest BCUT2D eigenvalue weighted by Gasteiger charge is 2.44. The first kappa shape index (κ1) is 16.6. The number of hydrogen-bond donors (Lipinski definition) is 2. The second-order valence-corrected chi connectivity index (χ2v) is 6.92. The van der Waals surface area contributed by atoms with Crippen molar-refractivity contribution in [1.29, 1.82) is 0 Å². The van der Waals surface area contributed by atoms with E-state index < -0.39 is 5.82 Å². The van der Waals surface area contributed by atoms with Crippen LogP contribution in [0.2, 0.25) is 0 Å². The lowest BCUT2D eigenvalue weighted by Crippen LogP contribution is -2.56. The minimum Gasteiger partial charge on any atom is -0.449 e. The van der Waals surface area contributed by atoms with Crippen molar-refractivity contribution < 1.29 is 13.9 Å². The number of nitrogens with zero attached hydrogens (tertiary/aromatic N) is 3. The van der Waals surface area contributed by atoms with E-state index in [2.05, 4.69) is 4.98 Å². The highest BCUT2D eigenvalue weighted by Crippen LogP contribution is 2.37. The van der Waals surface area contributed by atoms with E-state index in [-0.39, 0.29) is 35.4 Å². The number of piperazine rings is 1. The molecule has 3 heterocycles. The van der Waals surface area contributed by atoms with Crippen molar-refractivity contribution in [3.05, 3.63) is 12.0 Å². The number of nitrogens with two attached hydrogens (primary N) is 2. The number of nitrogen functional groups attached to an aromatic ring is 2. The molecule has 4 N–H and O–H groups in total. The molecule has 1 aromatic rings. The summed E-state index contributed by atoms with van der Waals surface area (Å²) in [5, 5.41) is 0. The van der Waals surface area contributed by atoms with Gasteiger partial charge in [-0.3, -0.25) is 4.90 Å². The highest BCUT2D eigenvalue weighted by atomic mass is 19.1. The van der Waals surface area contributed by atoms with Crippen LogP contribution in [-0.2, 0) is 4.74 Å². The molecule has 3 rings (SSSR count). The summed E-state index contributed by atoms with van der Waals surface area (Å²) in [6, 6.07) is -0.00629. The lowest BCUT2D eigenvalue weighted by Gasteiger charge is -2.41. The van der Waals surface area contributed by atoms with Crippen LogP contribution in [0.4, 0.5) is 26.4 Å². The minimum atomic E-state index is -0.489. The summed E-state index contributed by atoms with van der Waals surface area (Å²) in [5.41, 5.74) is 12.1. The lowest BCUT2D eigenvalue weighted by atomic mass is 10.1. The predicted octanol–water partition coefficient (Wildman–Crippen LogP) is 1.83. The number of rotatable bonds is 3. The van der Waals surface area contributed by atoms with Crippen LogP contribution in [0.25, 0.3) is 0 Å². The first-order chi connectivity index (χ1) is 11.4. The molecule has 0 aliphatic carbocycles. The summed E-state index contributed by atoms with van der Waals surface area (Å²) in [6.45, 7) is 5.43. The van der Waals surface area contributed by atoms with Gasteiger partial charge in [-0.1, -0.05) is 13.8 Å². The SMILES string of the molecule is CC(C)COC(=O)N1C2CCC1CN(c1c(F)cnc(N)c1N)C2. The predicted molar refractivity (Wildman–Crippen MR) is 90.1 cm³/mol. The van der Waals surface area contributed by atoms with E-state index in [1.165, 1.54) is 0 Å². The fraction of sp³-hybridized carbons (Fsp3) is 0.625. The van der Waals surface area contributed by atoms with Gasteiger partial charge in [0.1, 0.15) is 17.2 Å². The third kappa shape index (κ3) is 2.92. The van der Waals surface area contributed by atoms with Crippen LogP contribution in [0.1, 0.15) is 26.7 Å². The molecule has 7 nitrogen and oxygen atoms in total. The molecule has 8 heteroatoms. The van der Waals surface area contributed by atoms with Crippen LogP contribution < -0.4 is 16.4 Å². The van der Waals surface area contributed by atoms with Gasteiger partial charge in [-0.15, -0.1) is 0 Å². The fourth-order valence-corrected chi connectivity index (χ4v) is 3.52. The lowest BCUT2D eigenvalue weighted by molar-refractivity contribution is 0.0704. The molecule has 1 aromatic heterocycles. The van der Waals surface area contributed by atoms with E-state index in [4.69, 9.17) is 16.2 Å². The molecule has 0 spiro atoms. The van der Waals surface area contributed by atoms with Crippen LogP contribution in [0.3, 0.4) is 0 Å². The van der Waals surface area contributed by atoms with Crippen molar-refractivity contribution in [2.75, 3.05) is 36.1 Å². The van der Waals surface area contributed by atoms with Crippen molar-refractivity contribution in [1.82, 2.24) is 9.88 Å². The van der Waals surface area contributed by atoms with Crippen LogP contribution in [-0.4, -0.2) is 47.8 Å². The van der Waals surface area contributed by atoms with Crippen LogP contribution in [0.5, 0.6) is 0 Å². The molecule has 0 radical (unpaired) electrons. The third-order valence-electron chi connectivity index (χ3n) is 4.62. The van der Waals surface area contributed by atoms with Gasteiger partial charge >= 0.3 is 6.09 Å². The van der Waals surface area contributed by atoms with Gasteiger partial charge in [0.2, 0.25) is 0 Å². The van der Waals surface area contributed by atoms with Crippen molar-refractivity contribution in [2.45, 2.75) is 38.8 Å². The molecule has 132 valence electrons. The zero-order chi connectivity index (χ0) is 17.4. The highest BCUT2D eigenvalue weighted by molar-refractivity contribution is 5.78. The van der Waals surface area contributed by atoms with Crippen molar-refractivity contribution in [3.63, 3.8) is 0 Å². The Morgan fingerprint density at radius 1 is 1.38 bits per heavy atom. The number of carbonyl (C=O) groups excluding carboxylic acids is 1. The number of aromatic nitrogens is 1. The molecule has 24 heavy (non-hydrogen) atoms. The Hall–Kier alpha value is -2.25. The summed E-state index contributed by atoms with van der Waals surface area (Å²) in [4.78, 5) is 19.8. The molecule has 2 fully saturated rings. The summed E-state index contributed by atoms with van der Waals surface area (Å²) >= 11 is 0. The van der Waals surface area contributed by atoms with Gasteiger partial charge in [0.25, 0.3) is 0 Å². The topological polar surface area (TPSA) is 97.7 Å². The number of ether oxygens (including phenoxy) is 1. The van der Waals surface area contributed by atoms with Gasteiger partial charge in [-0.05, 0) is 18.8 Å². The number of halogens is 1. The van der Waals surface area contributed by atoms with E-state index in [1.54, 1.807) is 4.90 Å². The molecule has 0 saturated carbocycles. The number of anilines is 3. The van der Waals surface area contributed by atoms with E-state index in [0.29, 0.717) is 25.6 Å². The van der Waals surface area contributed by atoms with Crippen LogP contribution in [0.15, 0.2) is 6.20 Å². The Bertz CT molecular complexity index is 625. The largest absolute Gasteiger partial charge is 0.449 e. The number of carbonyl (C=O) groups is 1. The average molecular weight is 337 g/mol. The number of fused-ring (bicyclic) bond motifs is 2. The maximum absolute atomic E-state index is 14.2. The first-order valence-electron chi connectivity index (χ1n) is 8.28. The van der Waals surface area contributed by atoms with Gasteiger partial charge in [0, 0.05) is 13.1 Å². The summed E-state index contributed by atoms with van der Waals surface area (Å²) in [5.74, 6) is -0.0731. The van der Waals surface area contributed by atoms with E-state index in [0.717, 1.165) is 19.0 Å². The fourth-order valence-electron chi connectivity index (χ4n) is 3.52. The quantitative estimate of drug-likeness (QED) is 0.873. The third-order valence-corrected chi connectivity index (χ3v) is 4.62. The molecular formula is C16H24FN5O2. The molecule has 2 aliphatic heterocycles. The summed E-state index contributed by atoms with van der Waals surface area (Å²) in [7, 11) is 0. The van der Waals surface area contributed by atoms with Gasteiger partial charge in [0.15, 0.2) is 5.82 Å². The van der Waals surface area contributed by atoms with Gasteiger partial charge in [0.05, 0.1) is 24.9 Å². The summed E-state index contributed by atoms with van der Waals surface area (Å²) < 4.78 is 19.6. The second kappa shape index (κ2) is 6.33. The van der Waals surface area contributed by atoms with Crippen LogP contribution in [0, 0.1) is 11.7 Å². The molecule has 1 amide bonds. The van der Waals surface area contributed by atoms with Gasteiger partial charge < -0.3 is 21.1 Å². The Kier molecular flexibility index (Phi) is 4.38. The second-order valence-electron chi connectivity index (χ2n) is 6.92. The normalized spacial score (nSPS) is 23.0. The molecule has 2 atom stereocenters. The maximum atomic E-state index is 14.2. The Morgan fingerprint density at radius 3 is 2.58 bits per heavy atom.